The average Bonchev–Trinajstić information content (AvgIpc) is 3.19. The summed E-state index contributed by atoms with van der Waals surface area (Å²) in [6.45, 7) is 6.79. The third kappa shape index (κ3) is 4.53. The highest BCUT2D eigenvalue weighted by molar-refractivity contribution is 9.10. The largest absolute Gasteiger partial charge is 0.489 e. The number of carbonyl (C=O) groups excluding carboxylic acids is 1. The van der Waals surface area contributed by atoms with Crippen LogP contribution in [0.2, 0.25) is 0 Å². The molecule has 8 heteroatoms. The van der Waals surface area contributed by atoms with Gasteiger partial charge in [0.15, 0.2) is 5.78 Å². The summed E-state index contributed by atoms with van der Waals surface area (Å²) < 4.78 is 9.09. The number of hydrogen-bond donors (Lipinski definition) is 1. The predicted molar refractivity (Wildman–Crippen MR) is 138 cm³/mol. The Kier molecular flexibility index (Phi) is 6.29. The Bertz CT molecular complexity index is 1270. The highest BCUT2D eigenvalue weighted by Gasteiger charge is 2.42. The number of benzene rings is 2. The molecule has 5 rings (SSSR count). The second kappa shape index (κ2) is 9.23. The summed E-state index contributed by atoms with van der Waals surface area (Å²) in [7, 11) is 0. The van der Waals surface area contributed by atoms with E-state index in [-0.39, 0.29) is 11.2 Å². The van der Waals surface area contributed by atoms with Crippen molar-refractivity contribution >= 4 is 39.4 Å². The summed E-state index contributed by atoms with van der Waals surface area (Å²) in [5, 5.41) is 8.93. The van der Waals surface area contributed by atoms with Gasteiger partial charge in [0, 0.05) is 27.7 Å². The van der Waals surface area contributed by atoms with Gasteiger partial charge in [-0.3, -0.25) is 4.79 Å². The lowest BCUT2D eigenvalue weighted by Gasteiger charge is -2.38. The number of allylic oxidation sites excluding steroid dienone is 2. The van der Waals surface area contributed by atoms with Crippen molar-refractivity contribution in [2.75, 3.05) is 11.1 Å². The number of Topliss-reactive ketones (excluding diaryl/α,β-unsaturated/α-hetero) is 1. The van der Waals surface area contributed by atoms with Gasteiger partial charge >= 0.3 is 0 Å². The van der Waals surface area contributed by atoms with Gasteiger partial charge in [-0.15, -0.1) is 5.10 Å². The van der Waals surface area contributed by atoms with Crippen LogP contribution in [0.5, 0.6) is 5.75 Å². The van der Waals surface area contributed by atoms with Crippen molar-refractivity contribution in [2.24, 2.45) is 5.41 Å². The van der Waals surface area contributed by atoms with Crippen LogP contribution < -0.4 is 10.1 Å². The van der Waals surface area contributed by atoms with Crippen LogP contribution in [-0.4, -0.2) is 26.3 Å². The van der Waals surface area contributed by atoms with Crippen LogP contribution in [0.25, 0.3) is 0 Å². The molecule has 2 heterocycles. The molecule has 1 aliphatic carbocycles. The molecule has 1 unspecified atom stereocenters. The normalized spacial score (nSPS) is 18.8. The highest BCUT2D eigenvalue weighted by atomic mass is 79.9. The number of halogens is 1. The summed E-state index contributed by atoms with van der Waals surface area (Å²) in [4.78, 5) is 18.3. The minimum absolute atomic E-state index is 0.111. The fourth-order valence-electron chi connectivity index (χ4n) is 4.67. The molecule has 0 saturated heterocycles. The second-order valence-corrected chi connectivity index (χ2v) is 11.6. The topological polar surface area (TPSA) is 69.0 Å². The van der Waals surface area contributed by atoms with Crippen molar-refractivity contribution in [3.05, 3.63) is 75.4 Å². The molecule has 1 aliphatic heterocycles. The molecule has 6 nitrogen and oxygen atoms in total. The Morgan fingerprint density at radius 3 is 2.76 bits per heavy atom. The first-order chi connectivity index (χ1) is 16.3. The van der Waals surface area contributed by atoms with E-state index in [9.17, 15) is 4.79 Å². The second-order valence-electron chi connectivity index (χ2n) is 9.41. The molecular formula is C26H27BrN4O2S. The van der Waals surface area contributed by atoms with E-state index in [1.54, 1.807) is 11.8 Å². The fourth-order valence-corrected chi connectivity index (χ4v) is 5.60. The molecule has 2 aromatic carbocycles. The van der Waals surface area contributed by atoms with Crippen molar-refractivity contribution in [3.8, 4) is 5.75 Å². The Balaban J connectivity index is 1.63. The van der Waals surface area contributed by atoms with Crippen LogP contribution >= 0.6 is 27.7 Å². The van der Waals surface area contributed by atoms with E-state index in [0.29, 0.717) is 24.1 Å². The van der Waals surface area contributed by atoms with Crippen LogP contribution in [-0.2, 0) is 11.4 Å². The maximum atomic E-state index is 13.5. The van der Waals surface area contributed by atoms with Crippen LogP contribution in [0.1, 0.15) is 50.8 Å². The Hall–Kier alpha value is -2.58. The summed E-state index contributed by atoms with van der Waals surface area (Å²) in [6.07, 6.45) is 1.28. The number of ketones is 1. The molecule has 2 aliphatic rings. The fraction of sp³-hybridized carbons (Fsp3) is 0.346. The average molecular weight is 539 g/mol. The number of nitrogens with zero attached hydrogens (tertiary/aromatic N) is 3. The van der Waals surface area contributed by atoms with Crippen molar-refractivity contribution in [1.29, 1.82) is 0 Å². The third-order valence-corrected chi connectivity index (χ3v) is 7.30. The van der Waals surface area contributed by atoms with E-state index in [1.807, 2.05) is 53.2 Å². The summed E-state index contributed by atoms with van der Waals surface area (Å²) in [5.74, 6) is 2.41. The first kappa shape index (κ1) is 23.2. The van der Waals surface area contributed by atoms with Gasteiger partial charge in [0.05, 0.1) is 0 Å². The number of anilines is 1. The van der Waals surface area contributed by atoms with Gasteiger partial charge in [-0.1, -0.05) is 78.8 Å². The molecule has 0 bridgehead atoms. The Morgan fingerprint density at radius 1 is 1.21 bits per heavy atom. The molecule has 0 spiro atoms. The maximum absolute atomic E-state index is 13.5. The van der Waals surface area contributed by atoms with E-state index in [0.717, 1.165) is 44.8 Å². The molecule has 0 radical (unpaired) electrons. The van der Waals surface area contributed by atoms with E-state index < -0.39 is 6.04 Å². The summed E-state index contributed by atoms with van der Waals surface area (Å²) >= 11 is 5.22. The predicted octanol–water partition coefficient (Wildman–Crippen LogP) is 6.39. The van der Waals surface area contributed by atoms with E-state index in [2.05, 4.69) is 42.0 Å². The lowest BCUT2D eigenvalue weighted by atomic mass is 9.73. The van der Waals surface area contributed by atoms with Crippen molar-refractivity contribution in [3.63, 3.8) is 0 Å². The van der Waals surface area contributed by atoms with Crippen LogP contribution in [0, 0.1) is 5.41 Å². The molecule has 0 saturated carbocycles. The molecule has 34 heavy (non-hydrogen) atoms. The summed E-state index contributed by atoms with van der Waals surface area (Å²) in [5.41, 5.74) is 3.56. The van der Waals surface area contributed by atoms with E-state index in [1.165, 1.54) is 0 Å². The first-order valence-corrected chi connectivity index (χ1v) is 13.2. The smallest absolute Gasteiger partial charge is 0.227 e. The van der Waals surface area contributed by atoms with Crippen LogP contribution in [0.4, 0.5) is 5.95 Å². The summed E-state index contributed by atoms with van der Waals surface area (Å²) in [6, 6.07) is 15.6. The number of fused-ring (bicyclic) bond motifs is 1. The van der Waals surface area contributed by atoms with Gasteiger partial charge in [0.2, 0.25) is 11.1 Å². The third-order valence-electron chi connectivity index (χ3n) is 6.09. The molecular weight excluding hydrogens is 512 g/mol. The Morgan fingerprint density at radius 2 is 2.00 bits per heavy atom. The van der Waals surface area contributed by atoms with Gasteiger partial charge in [-0.25, -0.2) is 4.68 Å². The van der Waals surface area contributed by atoms with Crippen molar-refractivity contribution in [2.45, 2.75) is 51.4 Å². The number of rotatable bonds is 6. The molecule has 3 aromatic rings. The zero-order valence-electron chi connectivity index (χ0n) is 19.5. The zero-order chi connectivity index (χ0) is 23.9. The van der Waals surface area contributed by atoms with Gasteiger partial charge in [-0.2, -0.15) is 4.98 Å². The zero-order valence-corrected chi connectivity index (χ0v) is 21.9. The van der Waals surface area contributed by atoms with Gasteiger partial charge in [0.1, 0.15) is 18.4 Å². The number of carbonyl (C=O) groups is 1. The van der Waals surface area contributed by atoms with Gasteiger partial charge in [-0.05, 0) is 41.4 Å². The molecule has 0 fully saturated rings. The standard InChI is InChI=1S/C26H27BrN4O2S/c1-4-34-25-29-24-28-19-13-26(2,3)14-20(32)22(19)23(31(24)30-25)18-12-17(27)10-11-21(18)33-15-16-8-6-5-7-9-16/h5-12,23H,4,13-15H2,1-3H3,(H,28,29,30). The molecule has 176 valence electrons. The maximum Gasteiger partial charge on any atom is 0.227 e. The van der Waals surface area contributed by atoms with Gasteiger partial charge < -0.3 is 10.1 Å². The van der Waals surface area contributed by atoms with Gasteiger partial charge in [0.25, 0.3) is 0 Å². The quantitative estimate of drug-likeness (QED) is 0.366. The highest BCUT2D eigenvalue weighted by Crippen LogP contribution is 2.47. The number of thioether (sulfide) groups is 1. The van der Waals surface area contributed by atoms with Crippen LogP contribution in [0.15, 0.2) is 69.4 Å². The first-order valence-electron chi connectivity index (χ1n) is 11.4. The number of hydrogen-bond acceptors (Lipinski definition) is 6. The SMILES string of the molecule is CCSc1nc2n(n1)C(c1cc(Br)ccc1OCc1ccccc1)C1=C(CC(C)(C)CC1=O)N2. The lowest BCUT2D eigenvalue weighted by molar-refractivity contribution is -0.118. The minimum atomic E-state index is -0.406. The number of aromatic nitrogens is 3. The van der Waals surface area contributed by atoms with Crippen molar-refractivity contribution in [1.82, 2.24) is 14.8 Å². The minimum Gasteiger partial charge on any atom is -0.489 e. The van der Waals surface area contributed by atoms with Crippen molar-refractivity contribution < 1.29 is 9.53 Å². The molecule has 1 aromatic heterocycles. The number of ether oxygens (including phenoxy) is 1. The lowest BCUT2D eigenvalue weighted by Crippen LogP contribution is -2.36. The molecule has 0 amide bonds. The van der Waals surface area contributed by atoms with E-state index in [4.69, 9.17) is 14.8 Å². The molecule has 1 atom stereocenters. The monoisotopic (exact) mass is 538 g/mol. The van der Waals surface area contributed by atoms with E-state index >= 15 is 0 Å². The number of nitrogens with one attached hydrogen (secondary N) is 1. The van der Waals surface area contributed by atoms with Crippen LogP contribution in [0.3, 0.4) is 0 Å². The molecule has 1 N–H and O–H groups in total. The Labute approximate surface area is 212 Å².